The number of rotatable bonds is 4. The molecule has 0 aliphatic heterocycles. The van der Waals surface area contributed by atoms with E-state index in [1.807, 2.05) is 0 Å². The van der Waals surface area contributed by atoms with Gasteiger partial charge < -0.3 is 19.7 Å². The first-order valence-corrected chi connectivity index (χ1v) is 5.56. The highest BCUT2D eigenvalue weighted by Gasteiger charge is 2.20. The molecule has 0 saturated carbocycles. The van der Waals surface area contributed by atoms with E-state index in [-0.39, 0.29) is 24.0 Å². The van der Waals surface area contributed by atoms with Crippen LogP contribution in [0, 0.1) is 12.7 Å². The van der Waals surface area contributed by atoms with Crippen molar-refractivity contribution in [3.63, 3.8) is 0 Å². The molecule has 0 atom stereocenters. The molecule has 1 aromatic heterocycles. The van der Waals surface area contributed by atoms with Crippen LogP contribution in [0.3, 0.4) is 0 Å². The Morgan fingerprint density at radius 2 is 2.00 bits per heavy atom. The van der Waals surface area contributed by atoms with Gasteiger partial charge in [0.2, 0.25) is 11.7 Å². The molecular formula is C12H14FN3O3. The second-order valence-corrected chi connectivity index (χ2v) is 3.81. The third-order valence-electron chi connectivity index (χ3n) is 2.73. The predicted octanol–water partition coefficient (Wildman–Crippen LogP) is 1.66. The lowest BCUT2D eigenvalue weighted by molar-refractivity contribution is 0.336. The summed E-state index contributed by atoms with van der Waals surface area (Å²) in [5.41, 5.74) is 6.52. The van der Waals surface area contributed by atoms with Crippen LogP contribution < -0.4 is 15.2 Å². The van der Waals surface area contributed by atoms with Crippen molar-refractivity contribution >= 4 is 0 Å². The Morgan fingerprint density at radius 3 is 2.53 bits per heavy atom. The highest BCUT2D eigenvalue weighted by molar-refractivity contribution is 5.67. The molecule has 0 amide bonds. The molecule has 0 radical (unpaired) electrons. The van der Waals surface area contributed by atoms with Crippen molar-refractivity contribution in [2.75, 3.05) is 14.2 Å². The smallest absolute Gasteiger partial charge is 0.240 e. The quantitative estimate of drug-likeness (QED) is 0.907. The lowest BCUT2D eigenvalue weighted by Crippen LogP contribution is -1.99. The van der Waals surface area contributed by atoms with Crippen LogP contribution in [0.4, 0.5) is 4.39 Å². The molecule has 2 rings (SSSR count). The van der Waals surface area contributed by atoms with Gasteiger partial charge in [0.1, 0.15) is 0 Å². The fraction of sp³-hybridized carbons (Fsp3) is 0.333. The van der Waals surface area contributed by atoms with Gasteiger partial charge in [-0.1, -0.05) is 5.16 Å². The minimum absolute atomic E-state index is 0.0475. The topological polar surface area (TPSA) is 83.4 Å². The van der Waals surface area contributed by atoms with Gasteiger partial charge in [0.15, 0.2) is 17.3 Å². The highest BCUT2D eigenvalue weighted by Crippen LogP contribution is 2.38. The second-order valence-electron chi connectivity index (χ2n) is 3.81. The summed E-state index contributed by atoms with van der Waals surface area (Å²) in [6.07, 6.45) is 0. The van der Waals surface area contributed by atoms with Crippen molar-refractivity contribution in [2.24, 2.45) is 5.73 Å². The maximum Gasteiger partial charge on any atom is 0.240 e. The molecule has 7 heteroatoms. The Hall–Kier alpha value is -2.15. The summed E-state index contributed by atoms with van der Waals surface area (Å²) < 4.78 is 29.0. The van der Waals surface area contributed by atoms with Crippen molar-refractivity contribution in [3.05, 3.63) is 23.3 Å². The largest absolute Gasteiger partial charge is 0.492 e. The molecule has 1 aromatic carbocycles. The maximum absolute atomic E-state index is 13.9. The molecule has 0 fully saturated rings. The number of halogens is 1. The van der Waals surface area contributed by atoms with Crippen molar-refractivity contribution in [1.29, 1.82) is 0 Å². The number of nitrogens with zero attached hydrogens (tertiary/aromatic N) is 2. The van der Waals surface area contributed by atoms with E-state index in [4.69, 9.17) is 19.7 Å². The van der Waals surface area contributed by atoms with E-state index < -0.39 is 5.82 Å². The Labute approximate surface area is 109 Å². The van der Waals surface area contributed by atoms with E-state index in [0.29, 0.717) is 16.9 Å². The zero-order chi connectivity index (χ0) is 14.0. The number of hydrogen-bond donors (Lipinski definition) is 1. The Bertz CT molecular complexity index is 598. The summed E-state index contributed by atoms with van der Waals surface area (Å²) in [6.45, 7) is 1.89. The molecule has 6 nitrogen and oxygen atoms in total. The molecule has 0 saturated heterocycles. The lowest BCUT2D eigenvalue weighted by atomic mass is 10.1. The number of benzene rings is 1. The van der Waals surface area contributed by atoms with Gasteiger partial charge in [0.25, 0.3) is 0 Å². The van der Waals surface area contributed by atoms with Gasteiger partial charge >= 0.3 is 0 Å². The first kappa shape index (κ1) is 13.3. The average molecular weight is 267 g/mol. The molecule has 0 unspecified atom stereocenters. The normalized spacial score (nSPS) is 10.6. The van der Waals surface area contributed by atoms with E-state index in [0.717, 1.165) is 0 Å². The fourth-order valence-electron chi connectivity index (χ4n) is 1.82. The predicted molar refractivity (Wildman–Crippen MR) is 65.4 cm³/mol. The van der Waals surface area contributed by atoms with Crippen LogP contribution in [0.25, 0.3) is 11.4 Å². The van der Waals surface area contributed by atoms with Crippen molar-refractivity contribution in [1.82, 2.24) is 10.1 Å². The van der Waals surface area contributed by atoms with E-state index in [2.05, 4.69) is 10.1 Å². The molecular weight excluding hydrogens is 253 g/mol. The monoisotopic (exact) mass is 267 g/mol. The van der Waals surface area contributed by atoms with Gasteiger partial charge in [0.05, 0.1) is 20.8 Å². The summed E-state index contributed by atoms with van der Waals surface area (Å²) in [5, 5.41) is 3.76. The SMILES string of the molecule is COc1c(F)cc(-c2noc(CN)n2)c(C)c1OC. The van der Waals surface area contributed by atoms with Crippen molar-refractivity contribution in [2.45, 2.75) is 13.5 Å². The average Bonchev–Trinajstić information content (AvgIpc) is 2.89. The zero-order valence-corrected chi connectivity index (χ0v) is 10.9. The van der Waals surface area contributed by atoms with Crippen LogP contribution >= 0.6 is 0 Å². The summed E-state index contributed by atoms with van der Waals surface area (Å²) in [7, 11) is 2.82. The van der Waals surface area contributed by atoms with Gasteiger partial charge in [-0.2, -0.15) is 4.98 Å². The highest BCUT2D eigenvalue weighted by atomic mass is 19.1. The number of aromatic nitrogens is 2. The van der Waals surface area contributed by atoms with Gasteiger partial charge in [-0.15, -0.1) is 0 Å². The maximum atomic E-state index is 13.9. The van der Waals surface area contributed by atoms with Gasteiger partial charge in [-0.25, -0.2) is 4.39 Å². The van der Waals surface area contributed by atoms with Crippen LogP contribution in [0.1, 0.15) is 11.5 Å². The Balaban J connectivity index is 2.61. The summed E-state index contributed by atoms with van der Waals surface area (Å²) in [6, 6.07) is 1.28. The third kappa shape index (κ3) is 2.24. The minimum Gasteiger partial charge on any atom is -0.492 e. The van der Waals surface area contributed by atoms with Crippen molar-refractivity contribution in [3.8, 4) is 22.9 Å². The summed E-state index contributed by atoms with van der Waals surface area (Å²) in [4.78, 5) is 4.07. The standard InChI is InChI=1S/C12H14FN3O3/c1-6-7(12-15-9(5-14)19-16-12)4-8(13)11(18-3)10(6)17-2/h4H,5,14H2,1-3H3. The first-order chi connectivity index (χ1) is 9.12. The molecule has 19 heavy (non-hydrogen) atoms. The molecule has 0 aliphatic carbocycles. The Morgan fingerprint density at radius 1 is 1.32 bits per heavy atom. The molecule has 0 spiro atoms. The molecule has 0 aliphatic rings. The number of nitrogens with two attached hydrogens (primary N) is 1. The van der Waals surface area contributed by atoms with Crippen LogP contribution in [0.15, 0.2) is 10.6 Å². The number of hydrogen-bond acceptors (Lipinski definition) is 6. The van der Waals surface area contributed by atoms with Gasteiger partial charge in [0, 0.05) is 11.1 Å². The van der Waals surface area contributed by atoms with Crippen LogP contribution in [-0.2, 0) is 6.54 Å². The zero-order valence-electron chi connectivity index (χ0n) is 10.9. The molecule has 2 aromatic rings. The minimum atomic E-state index is -0.556. The van der Waals surface area contributed by atoms with Crippen LogP contribution in [0.2, 0.25) is 0 Å². The van der Waals surface area contributed by atoms with Crippen LogP contribution in [0.5, 0.6) is 11.5 Å². The molecule has 102 valence electrons. The second kappa shape index (κ2) is 5.23. The van der Waals surface area contributed by atoms with E-state index in [1.54, 1.807) is 6.92 Å². The molecule has 2 N–H and O–H groups in total. The molecule has 0 bridgehead atoms. The number of methoxy groups -OCH3 is 2. The summed E-state index contributed by atoms with van der Waals surface area (Å²) >= 11 is 0. The van der Waals surface area contributed by atoms with E-state index in [1.165, 1.54) is 20.3 Å². The third-order valence-corrected chi connectivity index (χ3v) is 2.73. The van der Waals surface area contributed by atoms with E-state index in [9.17, 15) is 4.39 Å². The van der Waals surface area contributed by atoms with Gasteiger partial charge in [-0.05, 0) is 13.0 Å². The van der Waals surface area contributed by atoms with Crippen molar-refractivity contribution < 1.29 is 18.4 Å². The lowest BCUT2D eigenvalue weighted by Gasteiger charge is -2.13. The number of ether oxygens (including phenoxy) is 2. The fourth-order valence-corrected chi connectivity index (χ4v) is 1.82. The van der Waals surface area contributed by atoms with E-state index >= 15 is 0 Å². The van der Waals surface area contributed by atoms with Gasteiger partial charge in [-0.3, -0.25) is 0 Å². The molecule has 1 heterocycles. The first-order valence-electron chi connectivity index (χ1n) is 5.56. The Kier molecular flexibility index (Phi) is 3.66. The summed E-state index contributed by atoms with van der Waals surface area (Å²) in [5.74, 6) is 0.337. The van der Waals surface area contributed by atoms with Crippen LogP contribution in [-0.4, -0.2) is 24.4 Å².